The second kappa shape index (κ2) is 4.84. The Bertz CT molecular complexity index is 513. The van der Waals surface area contributed by atoms with Gasteiger partial charge in [-0.05, 0) is 25.1 Å². The molecule has 0 saturated carbocycles. The van der Waals surface area contributed by atoms with Gasteiger partial charge in [0.1, 0.15) is 0 Å². The zero-order valence-electron chi connectivity index (χ0n) is 8.53. The first kappa shape index (κ1) is 13.0. The predicted molar refractivity (Wildman–Crippen MR) is 65.5 cm³/mol. The van der Waals surface area contributed by atoms with Gasteiger partial charge in [-0.15, -0.1) is 0 Å². The average molecular weight is 307 g/mol. The smallest absolute Gasteiger partial charge is 0.266 e. The van der Waals surface area contributed by atoms with Crippen molar-refractivity contribution in [2.24, 2.45) is 0 Å². The summed E-state index contributed by atoms with van der Waals surface area (Å²) in [6.45, 7) is 1.44. The molecule has 0 aliphatic carbocycles. The number of amides is 1. The van der Waals surface area contributed by atoms with Gasteiger partial charge in [0.15, 0.2) is 0 Å². The van der Waals surface area contributed by atoms with E-state index < -0.39 is 15.9 Å². The lowest BCUT2D eigenvalue weighted by molar-refractivity contribution is 0.0982. The van der Waals surface area contributed by atoms with Crippen molar-refractivity contribution in [1.29, 1.82) is 0 Å². The number of anilines is 1. The average Bonchev–Trinajstić information content (AvgIpc) is 2.16. The summed E-state index contributed by atoms with van der Waals surface area (Å²) in [5, 5.41) is 0. The van der Waals surface area contributed by atoms with Crippen molar-refractivity contribution in [3.63, 3.8) is 0 Å². The number of hydrogen-bond acceptors (Lipinski definition) is 4. The van der Waals surface area contributed by atoms with Crippen molar-refractivity contribution >= 4 is 37.5 Å². The van der Waals surface area contributed by atoms with E-state index >= 15 is 0 Å². The zero-order valence-corrected chi connectivity index (χ0v) is 10.9. The summed E-state index contributed by atoms with van der Waals surface area (Å²) in [7, 11) is -3.56. The number of rotatable bonds is 3. The van der Waals surface area contributed by atoms with Gasteiger partial charge in [0.05, 0.1) is 11.3 Å². The number of nitrogens with one attached hydrogen (secondary N) is 1. The highest BCUT2D eigenvalue weighted by Gasteiger charge is 2.15. The third kappa shape index (κ3) is 3.21. The van der Waals surface area contributed by atoms with Crippen molar-refractivity contribution in [2.75, 3.05) is 11.5 Å². The Labute approximate surface area is 102 Å². The second-order valence-electron chi connectivity index (χ2n) is 3.07. The number of carbonyl (C=O) groups excluding carboxylic acids is 1. The molecule has 0 unspecified atom stereocenters. The van der Waals surface area contributed by atoms with Crippen LogP contribution in [0.15, 0.2) is 22.7 Å². The summed E-state index contributed by atoms with van der Waals surface area (Å²) in [5.41, 5.74) is 5.96. The minimum Gasteiger partial charge on any atom is -0.398 e. The Balaban J connectivity index is 2.98. The molecule has 1 amide bonds. The number of nitrogens with two attached hydrogens (primary N) is 1. The Hall–Kier alpha value is -1.08. The lowest BCUT2D eigenvalue weighted by Gasteiger charge is -2.07. The van der Waals surface area contributed by atoms with Gasteiger partial charge in [-0.2, -0.15) is 0 Å². The molecule has 3 N–H and O–H groups in total. The molecule has 16 heavy (non-hydrogen) atoms. The Morgan fingerprint density at radius 2 is 2.12 bits per heavy atom. The monoisotopic (exact) mass is 306 g/mol. The summed E-state index contributed by atoms with van der Waals surface area (Å²) in [5.74, 6) is -0.873. The van der Waals surface area contributed by atoms with Crippen LogP contribution in [0, 0.1) is 0 Å². The first-order chi connectivity index (χ1) is 7.35. The second-order valence-corrected chi connectivity index (χ2v) is 5.99. The number of benzene rings is 1. The Morgan fingerprint density at radius 3 is 2.62 bits per heavy atom. The van der Waals surface area contributed by atoms with Crippen molar-refractivity contribution in [2.45, 2.75) is 6.92 Å². The zero-order chi connectivity index (χ0) is 12.3. The fourth-order valence-corrected chi connectivity index (χ4v) is 1.92. The molecule has 7 heteroatoms. The van der Waals surface area contributed by atoms with Gasteiger partial charge in [0.2, 0.25) is 10.0 Å². The summed E-state index contributed by atoms with van der Waals surface area (Å²) >= 11 is 3.19. The molecule has 5 nitrogen and oxygen atoms in total. The van der Waals surface area contributed by atoms with Gasteiger partial charge in [0, 0.05) is 10.2 Å². The molecule has 0 aromatic heterocycles. The molecule has 0 aliphatic heterocycles. The number of carbonyl (C=O) groups is 1. The van der Waals surface area contributed by atoms with Crippen molar-refractivity contribution in [1.82, 2.24) is 4.72 Å². The van der Waals surface area contributed by atoms with Crippen molar-refractivity contribution in [3.05, 3.63) is 28.2 Å². The molecule has 0 fully saturated rings. The van der Waals surface area contributed by atoms with Gasteiger partial charge in [-0.25, -0.2) is 13.1 Å². The number of halogens is 1. The molecule has 1 aromatic carbocycles. The number of nitrogen functional groups attached to an aromatic ring is 1. The lowest BCUT2D eigenvalue weighted by atomic mass is 10.2. The third-order valence-corrected chi connectivity index (χ3v) is 3.64. The van der Waals surface area contributed by atoms with Crippen molar-refractivity contribution < 1.29 is 13.2 Å². The SMILES string of the molecule is CCS(=O)(=O)NC(=O)c1ccc(Br)cc1N. The third-order valence-electron chi connectivity index (χ3n) is 1.89. The molecule has 1 rings (SSSR count). The van der Waals surface area contributed by atoms with E-state index in [-0.39, 0.29) is 17.0 Å². The van der Waals surface area contributed by atoms with E-state index in [2.05, 4.69) is 15.9 Å². The summed E-state index contributed by atoms with van der Waals surface area (Å²) < 4.78 is 25.0. The molecule has 88 valence electrons. The van der Waals surface area contributed by atoms with Crippen LogP contribution >= 0.6 is 15.9 Å². The Kier molecular flexibility index (Phi) is 3.93. The van der Waals surface area contributed by atoms with E-state index in [1.807, 2.05) is 4.72 Å². The maximum absolute atomic E-state index is 11.6. The fourth-order valence-electron chi connectivity index (χ4n) is 1.01. The molecule has 0 aliphatic rings. The quantitative estimate of drug-likeness (QED) is 0.819. The van der Waals surface area contributed by atoms with Crippen LogP contribution in [0.1, 0.15) is 17.3 Å². The van der Waals surface area contributed by atoms with Crippen LogP contribution in [0.3, 0.4) is 0 Å². The van der Waals surface area contributed by atoms with Crippen LogP contribution in [-0.4, -0.2) is 20.1 Å². The maximum atomic E-state index is 11.6. The normalized spacial score (nSPS) is 11.1. The van der Waals surface area contributed by atoms with Gasteiger partial charge in [-0.3, -0.25) is 4.79 Å². The minimum atomic E-state index is -3.56. The summed E-state index contributed by atoms with van der Waals surface area (Å²) in [6.07, 6.45) is 0. The molecule has 0 radical (unpaired) electrons. The van der Waals surface area contributed by atoms with Crippen LogP contribution in [0.5, 0.6) is 0 Å². The Morgan fingerprint density at radius 1 is 1.50 bits per heavy atom. The topological polar surface area (TPSA) is 89.3 Å². The molecular formula is C9H11BrN2O3S. The van der Waals surface area contributed by atoms with E-state index in [0.29, 0.717) is 0 Å². The predicted octanol–water partition coefficient (Wildman–Crippen LogP) is 1.11. The van der Waals surface area contributed by atoms with Gasteiger partial charge >= 0.3 is 0 Å². The highest BCUT2D eigenvalue weighted by molar-refractivity contribution is 9.10. The standard InChI is InChI=1S/C9H11BrN2O3S/c1-2-16(14,15)12-9(13)7-4-3-6(10)5-8(7)11/h3-5H,2,11H2,1H3,(H,12,13). The van der Waals surface area contributed by atoms with E-state index in [4.69, 9.17) is 5.73 Å². The van der Waals surface area contributed by atoms with E-state index in [0.717, 1.165) is 4.47 Å². The van der Waals surface area contributed by atoms with E-state index in [1.165, 1.54) is 19.1 Å². The molecule has 0 heterocycles. The maximum Gasteiger partial charge on any atom is 0.266 e. The van der Waals surface area contributed by atoms with Gasteiger partial charge < -0.3 is 5.73 Å². The van der Waals surface area contributed by atoms with Gasteiger partial charge in [0.25, 0.3) is 5.91 Å². The molecule has 0 bridgehead atoms. The molecule has 0 saturated heterocycles. The first-order valence-electron chi connectivity index (χ1n) is 4.45. The van der Waals surface area contributed by atoms with Gasteiger partial charge in [-0.1, -0.05) is 15.9 Å². The summed E-state index contributed by atoms with van der Waals surface area (Å²) in [4.78, 5) is 11.6. The number of hydrogen-bond donors (Lipinski definition) is 2. The highest BCUT2D eigenvalue weighted by Crippen LogP contribution is 2.18. The van der Waals surface area contributed by atoms with E-state index in [1.54, 1.807) is 6.07 Å². The van der Waals surface area contributed by atoms with Crippen molar-refractivity contribution in [3.8, 4) is 0 Å². The van der Waals surface area contributed by atoms with Crippen LogP contribution in [0.4, 0.5) is 5.69 Å². The van der Waals surface area contributed by atoms with Crippen LogP contribution in [0.2, 0.25) is 0 Å². The molecule has 1 aromatic rings. The lowest BCUT2D eigenvalue weighted by Crippen LogP contribution is -2.32. The highest BCUT2D eigenvalue weighted by atomic mass is 79.9. The molecule has 0 atom stereocenters. The molecule has 0 spiro atoms. The van der Waals surface area contributed by atoms with Crippen LogP contribution in [0.25, 0.3) is 0 Å². The summed E-state index contributed by atoms with van der Waals surface area (Å²) in [6, 6.07) is 4.61. The molecular weight excluding hydrogens is 296 g/mol. The van der Waals surface area contributed by atoms with E-state index in [9.17, 15) is 13.2 Å². The fraction of sp³-hybridized carbons (Fsp3) is 0.222. The van der Waals surface area contributed by atoms with Crippen LogP contribution < -0.4 is 10.5 Å². The van der Waals surface area contributed by atoms with Crippen LogP contribution in [-0.2, 0) is 10.0 Å². The number of sulfonamides is 1. The minimum absolute atomic E-state index is 0.139. The first-order valence-corrected chi connectivity index (χ1v) is 6.90. The largest absolute Gasteiger partial charge is 0.398 e.